The van der Waals surface area contributed by atoms with E-state index in [1.54, 1.807) is 0 Å². The molecule has 310 valence electrons. The third-order valence-corrected chi connectivity index (χ3v) is 11.3. The molecule has 0 fully saturated rings. The lowest BCUT2D eigenvalue weighted by molar-refractivity contribution is -0.123. The van der Waals surface area contributed by atoms with Crippen LogP contribution in [0.4, 0.5) is 0 Å². The summed E-state index contributed by atoms with van der Waals surface area (Å²) in [5, 5.41) is 23.2. The molecule has 0 aliphatic rings. The molecule has 0 radical (unpaired) electrons. The predicted molar refractivity (Wildman–Crippen MR) is 230 cm³/mol. The maximum absolute atomic E-state index is 12.4. The van der Waals surface area contributed by atoms with E-state index in [0.717, 1.165) is 25.7 Å². The predicted octanol–water partition coefficient (Wildman–Crippen LogP) is 15.0. The molecule has 0 bridgehead atoms. The lowest BCUT2D eigenvalue weighted by Gasteiger charge is -2.22. The van der Waals surface area contributed by atoms with Gasteiger partial charge >= 0.3 is 0 Å². The number of amides is 1. The topological polar surface area (TPSA) is 69.6 Å². The van der Waals surface area contributed by atoms with Crippen molar-refractivity contribution >= 4 is 5.91 Å². The van der Waals surface area contributed by atoms with Crippen LogP contribution in [0.3, 0.4) is 0 Å². The number of allylic oxidation sites excluding steroid dienone is 2. The molecule has 52 heavy (non-hydrogen) atoms. The van der Waals surface area contributed by atoms with Crippen LogP contribution in [0.15, 0.2) is 12.2 Å². The van der Waals surface area contributed by atoms with Gasteiger partial charge in [0.15, 0.2) is 0 Å². The van der Waals surface area contributed by atoms with Gasteiger partial charge in [-0.1, -0.05) is 238 Å². The summed E-state index contributed by atoms with van der Waals surface area (Å²) in [6.07, 6.45) is 55.9. The summed E-state index contributed by atoms with van der Waals surface area (Å²) in [5.41, 5.74) is 0. The van der Waals surface area contributed by atoms with Gasteiger partial charge in [-0.25, -0.2) is 0 Å². The third-order valence-electron chi connectivity index (χ3n) is 11.3. The van der Waals surface area contributed by atoms with E-state index in [9.17, 15) is 15.0 Å². The van der Waals surface area contributed by atoms with E-state index < -0.39 is 12.1 Å². The van der Waals surface area contributed by atoms with Gasteiger partial charge in [-0.15, -0.1) is 0 Å². The molecule has 0 saturated heterocycles. The second-order valence-electron chi connectivity index (χ2n) is 16.5. The van der Waals surface area contributed by atoms with Crippen molar-refractivity contribution in [1.29, 1.82) is 0 Å². The first kappa shape index (κ1) is 51.1. The van der Waals surface area contributed by atoms with Crippen molar-refractivity contribution in [1.82, 2.24) is 5.32 Å². The van der Waals surface area contributed by atoms with E-state index in [1.165, 1.54) is 218 Å². The molecule has 1 amide bonds. The van der Waals surface area contributed by atoms with Gasteiger partial charge < -0.3 is 15.5 Å². The Labute approximate surface area is 327 Å². The average molecular weight is 734 g/mol. The summed E-state index contributed by atoms with van der Waals surface area (Å²) in [5.74, 6) is -0.0276. The number of carbonyl (C=O) groups excluding carboxylic acids is 1. The molecule has 0 aromatic heterocycles. The van der Waals surface area contributed by atoms with E-state index in [-0.39, 0.29) is 12.5 Å². The smallest absolute Gasteiger partial charge is 0.220 e. The van der Waals surface area contributed by atoms with Crippen LogP contribution in [-0.2, 0) is 4.79 Å². The number of carbonyl (C=O) groups is 1. The van der Waals surface area contributed by atoms with E-state index in [4.69, 9.17) is 0 Å². The Morgan fingerprint density at radius 1 is 0.442 bits per heavy atom. The molecule has 0 heterocycles. The Hall–Kier alpha value is -0.870. The van der Waals surface area contributed by atoms with E-state index in [0.29, 0.717) is 12.8 Å². The number of aliphatic hydroxyl groups excluding tert-OH is 2. The van der Waals surface area contributed by atoms with E-state index >= 15 is 0 Å². The molecular weight excluding hydrogens is 639 g/mol. The van der Waals surface area contributed by atoms with Crippen LogP contribution >= 0.6 is 0 Å². The number of aliphatic hydroxyl groups is 2. The van der Waals surface area contributed by atoms with Gasteiger partial charge in [0.25, 0.3) is 0 Å². The fourth-order valence-corrected chi connectivity index (χ4v) is 7.59. The van der Waals surface area contributed by atoms with Crippen LogP contribution in [0, 0.1) is 0 Å². The molecule has 0 aromatic carbocycles. The highest BCUT2D eigenvalue weighted by molar-refractivity contribution is 5.76. The van der Waals surface area contributed by atoms with Gasteiger partial charge in [-0.05, 0) is 38.5 Å². The zero-order valence-electron chi connectivity index (χ0n) is 35.6. The van der Waals surface area contributed by atoms with Crippen molar-refractivity contribution < 1.29 is 15.0 Å². The number of rotatable bonds is 44. The highest BCUT2D eigenvalue weighted by Gasteiger charge is 2.20. The van der Waals surface area contributed by atoms with Crippen molar-refractivity contribution in [3.63, 3.8) is 0 Å². The van der Waals surface area contributed by atoms with Crippen molar-refractivity contribution in [2.45, 2.75) is 283 Å². The first-order valence-electron chi connectivity index (χ1n) is 23.9. The van der Waals surface area contributed by atoms with Crippen molar-refractivity contribution in [2.24, 2.45) is 0 Å². The summed E-state index contributed by atoms with van der Waals surface area (Å²) in [6, 6.07) is -0.531. The Morgan fingerprint density at radius 3 is 1.06 bits per heavy atom. The molecular formula is C48H95NO3. The van der Waals surface area contributed by atoms with Gasteiger partial charge in [-0.2, -0.15) is 0 Å². The van der Waals surface area contributed by atoms with Gasteiger partial charge in [0, 0.05) is 6.42 Å². The summed E-state index contributed by atoms with van der Waals surface area (Å²) in [6.45, 7) is 4.37. The standard InChI is InChI=1S/C48H95NO3/c1-3-5-7-9-11-13-15-17-18-19-20-21-22-23-24-25-26-27-28-29-30-32-34-36-38-40-42-44-48(52)49-46(45-50)47(51)43-41-39-37-35-33-31-16-14-12-10-8-6-4-2/h19-20,46-47,50-51H,3-18,21-45H2,1-2H3,(H,49,52)/b20-19-. The SMILES string of the molecule is CCCCCCCCCC/C=C\CCCCCCCCCCCCCCCCCC(=O)NC(CO)C(O)CCCCCCCCCCCCCCC. The number of hydrogen-bond donors (Lipinski definition) is 3. The summed E-state index contributed by atoms with van der Waals surface area (Å²) >= 11 is 0. The summed E-state index contributed by atoms with van der Waals surface area (Å²) in [4.78, 5) is 12.4. The molecule has 4 heteroatoms. The molecule has 0 aliphatic heterocycles. The van der Waals surface area contributed by atoms with Crippen LogP contribution in [0.1, 0.15) is 271 Å². The quantitative estimate of drug-likeness (QED) is 0.0431. The van der Waals surface area contributed by atoms with Gasteiger partial charge in [0.1, 0.15) is 0 Å². The number of hydrogen-bond acceptors (Lipinski definition) is 3. The second kappa shape index (κ2) is 44.5. The highest BCUT2D eigenvalue weighted by atomic mass is 16.3. The molecule has 3 N–H and O–H groups in total. The molecule has 2 atom stereocenters. The minimum atomic E-state index is -0.654. The molecule has 0 spiro atoms. The zero-order chi connectivity index (χ0) is 37.8. The van der Waals surface area contributed by atoms with Crippen LogP contribution in [0.2, 0.25) is 0 Å². The van der Waals surface area contributed by atoms with E-state index in [1.807, 2.05) is 0 Å². The van der Waals surface area contributed by atoms with Crippen LogP contribution < -0.4 is 5.32 Å². The van der Waals surface area contributed by atoms with Crippen molar-refractivity contribution in [2.75, 3.05) is 6.61 Å². The lowest BCUT2D eigenvalue weighted by atomic mass is 10.0. The highest BCUT2D eigenvalue weighted by Crippen LogP contribution is 2.17. The first-order valence-corrected chi connectivity index (χ1v) is 23.9. The third kappa shape index (κ3) is 40.3. The number of nitrogens with one attached hydrogen (secondary N) is 1. The molecule has 0 aromatic rings. The van der Waals surface area contributed by atoms with Crippen LogP contribution in [0.5, 0.6) is 0 Å². The molecule has 4 nitrogen and oxygen atoms in total. The monoisotopic (exact) mass is 734 g/mol. The molecule has 2 unspecified atom stereocenters. The summed E-state index contributed by atoms with van der Waals surface area (Å²) < 4.78 is 0. The summed E-state index contributed by atoms with van der Waals surface area (Å²) in [7, 11) is 0. The second-order valence-corrected chi connectivity index (χ2v) is 16.5. The molecule has 0 aliphatic carbocycles. The maximum Gasteiger partial charge on any atom is 0.220 e. The van der Waals surface area contributed by atoms with E-state index in [2.05, 4.69) is 31.3 Å². The van der Waals surface area contributed by atoms with Crippen LogP contribution in [0.25, 0.3) is 0 Å². The Balaban J connectivity index is 3.42. The van der Waals surface area contributed by atoms with Crippen molar-refractivity contribution in [3.8, 4) is 0 Å². The molecule has 0 saturated carbocycles. The first-order chi connectivity index (χ1) is 25.7. The minimum Gasteiger partial charge on any atom is -0.394 e. The molecule has 0 rings (SSSR count). The Morgan fingerprint density at radius 2 is 0.731 bits per heavy atom. The zero-order valence-corrected chi connectivity index (χ0v) is 35.6. The van der Waals surface area contributed by atoms with Gasteiger partial charge in [0.2, 0.25) is 5.91 Å². The van der Waals surface area contributed by atoms with Crippen LogP contribution in [-0.4, -0.2) is 34.9 Å². The fraction of sp³-hybridized carbons (Fsp3) is 0.938. The normalized spacial score (nSPS) is 12.9. The Kier molecular flexibility index (Phi) is 43.8. The van der Waals surface area contributed by atoms with Gasteiger partial charge in [-0.3, -0.25) is 4.79 Å². The number of unbranched alkanes of at least 4 members (excludes halogenated alkanes) is 35. The average Bonchev–Trinajstić information content (AvgIpc) is 3.15. The fourth-order valence-electron chi connectivity index (χ4n) is 7.59. The van der Waals surface area contributed by atoms with Gasteiger partial charge in [0.05, 0.1) is 18.8 Å². The Bertz CT molecular complexity index is 710. The van der Waals surface area contributed by atoms with Crippen molar-refractivity contribution in [3.05, 3.63) is 12.2 Å². The maximum atomic E-state index is 12.4. The largest absolute Gasteiger partial charge is 0.394 e. The minimum absolute atomic E-state index is 0.0276. The lowest BCUT2D eigenvalue weighted by Crippen LogP contribution is -2.45.